The Morgan fingerprint density at radius 2 is 1.83 bits per heavy atom. The Morgan fingerprint density at radius 3 is 2.55 bits per heavy atom. The number of hydrogen-bond donors (Lipinski definition) is 2. The number of nitrogens with zero attached hydrogens (tertiary/aromatic N) is 2. The predicted molar refractivity (Wildman–Crippen MR) is 102 cm³/mol. The van der Waals surface area contributed by atoms with Gasteiger partial charge in [0, 0.05) is 45.2 Å². The van der Waals surface area contributed by atoms with Crippen molar-refractivity contribution in [1.29, 1.82) is 0 Å². The lowest BCUT2D eigenvalue weighted by Gasteiger charge is -2.23. The highest BCUT2D eigenvalue weighted by molar-refractivity contribution is 6.01. The number of carbonyl (C=O) groups is 5. The van der Waals surface area contributed by atoms with Crippen molar-refractivity contribution in [1.82, 2.24) is 20.6 Å². The van der Waals surface area contributed by atoms with E-state index >= 15 is 0 Å². The highest BCUT2D eigenvalue weighted by atomic mass is 16.8. The molecule has 162 valence electrons. The Kier molecular flexibility index (Phi) is 6.47. The van der Waals surface area contributed by atoms with Crippen LogP contribution in [0.5, 0.6) is 0 Å². The fourth-order valence-electron chi connectivity index (χ4n) is 3.21. The number of nitrogens with one attached hydrogen (secondary N) is 2. The Hall–Kier alpha value is -2.49. The molecule has 4 amide bonds. The molecule has 10 heteroatoms. The maximum atomic E-state index is 12.2. The lowest BCUT2D eigenvalue weighted by Crippen LogP contribution is -2.41. The summed E-state index contributed by atoms with van der Waals surface area (Å²) in [4.78, 5) is 64.9. The molecular weight excluding hydrogens is 389 g/mol. The van der Waals surface area contributed by atoms with Gasteiger partial charge in [0.25, 0.3) is 11.8 Å². The van der Waals surface area contributed by atoms with Crippen molar-refractivity contribution in [3.63, 3.8) is 0 Å². The summed E-state index contributed by atoms with van der Waals surface area (Å²) >= 11 is 0. The van der Waals surface area contributed by atoms with Gasteiger partial charge in [-0.1, -0.05) is 13.2 Å². The summed E-state index contributed by atoms with van der Waals surface area (Å²) in [6.45, 7) is -2.23. The Balaban J connectivity index is 1.62. The summed E-state index contributed by atoms with van der Waals surface area (Å²) in [5.74, 6) is -2.80. The van der Waals surface area contributed by atoms with Crippen LogP contribution in [0.1, 0.15) is 65.0 Å². The SMILES string of the molecule is [2H]C([2H])([2H])[13C]([2H])([2H])CC1CCC[15N]1[13CH2]C(=O)[15NH]CC[13C](=O)[15NH][13CH2][13CH2][13C](=O)ON1C(=O)CCC1=O. The molecule has 0 bridgehead atoms. The molecule has 2 aliphatic rings. The van der Waals surface area contributed by atoms with Crippen molar-refractivity contribution < 1.29 is 35.7 Å². The van der Waals surface area contributed by atoms with Crippen LogP contribution in [0.3, 0.4) is 0 Å². The summed E-state index contributed by atoms with van der Waals surface area (Å²) in [6, 6.07) is -0.352. The number of hydrogen-bond acceptors (Lipinski definition) is 7. The van der Waals surface area contributed by atoms with E-state index in [1.807, 2.05) is 0 Å². The van der Waals surface area contributed by atoms with E-state index in [-0.39, 0.29) is 63.7 Å². The zero-order valence-corrected chi connectivity index (χ0v) is 16.2. The first kappa shape index (κ1) is 16.3. The van der Waals surface area contributed by atoms with Crippen molar-refractivity contribution in [2.24, 2.45) is 0 Å². The van der Waals surface area contributed by atoms with Crippen LogP contribution in [-0.4, -0.2) is 71.8 Å². The largest absolute Gasteiger partial charge is 0.355 e. The quantitative estimate of drug-likeness (QED) is 0.269. The van der Waals surface area contributed by atoms with Crippen LogP contribution in [0.2, 0.25) is 0 Å². The highest BCUT2D eigenvalue weighted by Crippen LogP contribution is 2.20. The van der Waals surface area contributed by atoms with E-state index in [4.69, 9.17) is 6.85 Å². The van der Waals surface area contributed by atoms with Gasteiger partial charge in [-0.15, -0.1) is 5.06 Å². The smallest absolute Gasteiger partial charge is 0.334 e. The molecule has 2 rings (SSSR count). The van der Waals surface area contributed by atoms with Crippen molar-refractivity contribution in [2.45, 2.75) is 64.2 Å². The standard InChI is InChI=1S/C19H30N4O6/c1-2-4-14-5-3-12-22(14)13-16(25)21-10-8-15(24)20-11-9-19(28)29-23-17(26)6-7-18(23)27/h14H,2-13H2,1H3,(H,20,24)(H,21,25)/i1D3,2+1D2,9+1,11+1,13+1,15+1,19+1,20+1,21+1,22+1. The summed E-state index contributed by atoms with van der Waals surface area (Å²) in [5, 5.41) is 5.49. The lowest BCUT2D eigenvalue weighted by atomic mass is 10.2. The molecule has 0 aromatic heterocycles. The van der Waals surface area contributed by atoms with Gasteiger partial charge >= 0.3 is 5.97 Å². The van der Waals surface area contributed by atoms with Gasteiger partial charge in [0.1, 0.15) is 0 Å². The first-order valence-electron chi connectivity index (χ1n) is 12.1. The van der Waals surface area contributed by atoms with Gasteiger partial charge < -0.3 is 15.5 Å². The molecule has 0 aromatic rings. The zero-order chi connectivity index (χ0) is 25.5. The van der Waals surface area contributed by atoms with E-state index in [0.717, 1.165) is 6.42 Å². The van der Waals surface area contributed by atoms with Crippen LogP contribution in [0, 0.1) is 0 Å². The van der Waals surface area contributed by atoms with Gasteiger partial charge in [-0.3, -0.25) is 24.1 Å². The molecule has 29 heavy (non-hydrogen) atoms. The van der Waals surface area contributed by atoms with Gasteiger partial charge in [0.05, 0.1) is 13.0 Å². The second-order valence-electron chi connectivity index (χ2n) is 6.89. The molecule has 2 saturated heterocycles. The molecule has 2 N–H and O–H groups in total. The van der Waals surface area contributed by atoms with Crippen LogP contribution < -0.4 is 10.6 Å². The molecular formula is C19H30N4O6. The fourth-order valence-corrected chi connectivity index (χ4v) is 3.21. The molecule has 0 aromatic carbocycles. The number of hydroxylamine groups is 2. The molecule has 0 radical (unpaired) electrons. The van der Waals surface area contributed by atoms with Crippen molar-refractivity contribution in [3.8, 4) is 0 Å². The summed E-state index contributed by atoms with van der Waals surface area (Å²) in [6.07, 6.45) is -1.50. The van der Waals surface area contributed by atoms with E-state index in [2.05, 4.69) is 15.5 Å². The fraction of sp³-hybridized carbons (Fsp3) is 0.737. The summed E-state index contributed by atoms with van der Waals surface area (Å²) < 4.78 is 37.6. The van der Waals surface area contributed by atoms with Crippen LogP contribution in [-0.2, 0) is 28.8 Å². The van der Waals surface area contributed by atoms with Gasteiger partial charge in [-0.05, 0) is 25.8 Å². The Labute approximate surface area is 177 Å². The second kappa shape index (κ2) is 11.5. The molecule has 0 spiro atoms. The van der Waals surface area contributed by atoms with Gasteiger partial charge in [0.2, 0.25) is 11.8 Å². The van der Waals surface area contributed by atoms with E-state index in [0.29, 0.717) is 18.0 Å². The van der Waals surface area contributed by atoms with Crippen LogP contribution in [0.15, 0.2) is 0 Å². The average molecular weight is 424 g/mol. The number of carbonyl (C=O) groups excluding carboxylic acids is 5. The third kappa shape index (κ3) is 7.45. The Morgan fingerprint density at radius 1 is 1.14 bits per heavy atom. The number of rotatable bonds is 11. The molecule has 1 atom stereocenters. The average Bonchev–Trinajstić information content (AvgIpc) is 3.27. The highest BCUT2D eigenvalue weighted by Gasteiger charge is 2.32. The van der Waals surface area contributed by atoms with Gasteiger partial charge in [-0.2, -0.15) is 0 Å². The minimum atomic E-state index is -2.74. The molecule has 10 nitrogen and oxygen atoms in total. The minimum Gasteiger partial charge on any atom is -0.355 e. The summed E-state index contributed by atoms with van der Waals surface area (Å²) in [5.41, 5.74) is 0. The third-order valence-corrected chi connectivity index (χ3v) is 4.71. The van der Waals surface area contributed by atoms with Crippen molar-refractivity contribution in [3.05, 3.63) is 0 Å². The van der Waals surface area contributed by atoms with Crippen LogP contribution in [0.25, 0.3) is 0 Å². The second-order valence-corrected chi connectivity index (χ2v) is 6.89. The van der Waals surface area contributed by atoms with Crippen molar-refractivity contribution >= 4 is 29.6 Å². The topological polar surface area (TPSA) is 125 Å². The van der Waals surface area contributed by atoms with E-state index in [1.54, 1.807) is 4.90 Å². The molecule has 0 aliphatic carbocycles. The number of imide groups is 1. The van der Waals surface area contributed by atoms with Crippen LogP contribution in [0.4, 0.5) is 0 Å². The monoisotopic (exact) mass is 424 g/mol. The van der Waals surface area contributed by atoms with Crippen LogP contribution >= 0.6 is 0 Å². The van der Waals surface area contributed by atoms with Crippen molar-refractivity contribution in [2.75, 3.05) is 26.2 Å². The van der Waals surface area contributed by atoms with E-state index in [9.17, 15) is 24.0 Å². The van der Waals surface area contributed by atoms with Gasteiger partial charge in [0.15, 0.2) is 0 Å². The predicted octanol–water partition coefficient (Wildman–Crippen LogP) is -0.129. The third-order valence-electron chi connectivity index (χ3n) is 4.71. The van der Waals surface area contributed by atoms with E-state index < -0.39 is 36.9 Å². The van der Waals surface area contributed by atoms with E-state index in [1.165, 1.54) is 0 Å². The number of amides is 4. The first-order valence-corrected chi connectivity index (χ1v) is 9.64. The minimum absolute atomic E-state index is 0.00947. The molecule has 2 aliphatic heterocycles. The molecule has 2 fully saturated rings. The summed E-state index contributed by atoms with van der Waals surface area (Å²) in [7, 11) is 0. The zero-order valence-electron chi connectivity index (χ0n) is 21.2. The molecule has 2 heterocycles. The number of likely N-dealkylation sites (tertiary alicyclic amines) is 1. The molecule has 0 saturated carbocycles. The first-order chi connectivity index (χ1) is 15.8. The molecule has 1 unspecified atom stereocenters. The maximum Gasteiger partial charge on any atom is 0.334 e. The normalized spacial score (nSPS) is 23.0. The lowest BCUT2D eigenvalue weighted by molar-refractivity contribution is -0.197. The van der Waals surface area contributed by atoms with Gasteiger partial charge in [-0.25, -0.2) is 4.79 Å². The maximum absolute atomic E-state index is 12.2. The Bertz CT molecular complexity index is 791.